The van der Waals surface area contributed by atoms with Gasteiger partial charge in [-0.15, -0.1) is 17.0 Å². The second-order valence-corrected chi connectivity index (χ2v) is 5.51. The van der Waals surface area contributed by atoms with Crippen LogP contribution in [-0.2, 0) is 6.54 Å². The number of benzene rings is 2. The number of nitrogens with zero attached hydrogens (tertiary/aromatic N) is 1. The van der Waals surface area contributed by atoms with E-state index in [1.165, 1.54) is 27.5 Å². The number of pyridine rings is 1. The van der Waals surface area contributed by atoms with Crippen molar-refractivity contribution >= 4 is 39.9 Å². The molecule has 0 aliphatic carbocycles. The van der Waals surface area contributed by atoms with Crippen LogP contribution < -0.4 is 27.3 Å². The Hall–Kier alpha value is -1.49. The Morgan fingerprint density at radius 2 is 1.67 bits per heavy atom. The molecule has 0 radical (unpaired) electrons. The highest BCUT2D eigenvalue weighted by molar-refractivity contribution is 8.93. The van der Waals surface area contributed by atoms with Gasteiger partial charge in [-0.2, -0.15) is 0 Å². The van der Waals surface area contributed by atoms with Gasteiger partial charge in [-0.1, -0.05) is 54.6 Å². The molecular weight excluding hydrogens is 428 g/mol. The summed E-state index contributed by atoms with van der Waals surface area (Å²) in [5.41, 5.74) is 9.34. The first-order valence-electron chi connectivity index (χ1n) is 7.63. The van der Waals surface area contributed by atoms with Crippen LogP contribution in [0.4, 0.5) is 0 Å². The average Bonchev–Trinajstić information content (AvgIpc) is 2.54. The molecule has 0 unspecified atom stereocenters. The topological polar surface area (TPSA) is 29.9 Å². The van der Waals surface area contributed by atoms with Crippen LogP contribution >= 0.6 is 17.0 Å². The molecule has 126 valence electrons. The van der Waals surface area contributed by atoms with E-state index < -0.39 is 0 Å². The standard InChI is InChI=1S/C20H21N2.2BrH/c1-16-15-22(14-12-21)13-11-17(16)9-10-19-7-4-6-18-5-2-3-8-20(18)19;;/h2-11,13,15H,12,14,21H2,1H3;2*1H/q+1;;/p-1/b10-9-;;. The van der Waals surface area contributed by atoms with Crippen molar-refractivity contribution in [1.29, 1.82) is 0 Å². The molecule has 0 bridgehead atoms. The van der Waals surface area contributed by atoms with Gasteiger partial charge >= 0.3 is 0 Å². The Kier molecular flexibility index (Phi) is 8.32. The molecule has 0 atom stereocenters. The summed E-state index contributed by atoms with van der Waals surface area (Å²) >= 11 is 0. The maximum Gasteiger partial charge on any atom is 0.172 e. The summed E-state index contributed by atoms with van der Waals surface area (Å²) in [7, 11) is 0. The lowest BCUT2D eigenvalue weighted by atomic mass is 10.0. The number of rotatable bonds is 4. The molecule has 0 aliphatic rings. The monoisotopic (exact) mass is 448 g/mol. The summed E-state index contributed by atoms with van der Waals surface area (Å²) < 4.78 is 2.13. The van der Waals surface area contributed by atoms with Crippen molar-refractivity contribution in [1.82, 2.24) is 0 Å². The molecule has 4 heteroatoms. The molecule has 1 heterocycles. The largest absolute Gasteiger partial charge is 1.00 e. The zero-order valence-corrected chi connectivity index (χ0v) is 17.0. The molecule has 2 N–H and O–H groups in total. The number of hydrogen-bond donors (Lipinski definition) is 1. The molecule has 0 amide bonds. The fourth-order valence-electron chi connectivity index (χ4n) is 2.72. The predicted octanol–water partition coefficient (Wildman–Crippen LogP) is 1.15. The summed E-state index contributed by atoms with van der Waals surface area (Å²) in [5.74, 6) is 0. The minimum atomic E-state index is 0. The quantitative estimate of drug-likeness (QED) is 0.595. The van der Waals surface area contributed by atoms with Gasteiger partial charge in [0.1, 0.15) is 0 Å². The van der Waals surface area contributed by atoms with Crippen LogP contribution in [0.2, 0.25) is 0 Å². The van der Waals surface area contributed by atoms with E-state index in [4.69, 9.17) is 5.73 Å². The first-order valence-corrected chi connectivity index (χ1v) is 7.63. The third-order valence-electron chi connectivity index (χ3n) is 3.91. The predicted molar refractivity (Wildman–Crippen MR) is 104 cm³/mol. The molecule has 1 aromatic heterocycles. The molecular formula is C20H22Br2N2. The van der Waals surface area contributed by atoms with Crippen molar-refractivity contribution in [3.63, 3.8) is 0 Å². The maximum atomic E-state index is 5.60. The Morgan fingerprint density at radius 1 is 0.958 bits per heavy atom. The third-order valence-corrected chi connectivity index (χ3v) is 3.91. The van der Waals surface area contributed by atoms with Crippen molar-refractivity contribution in [3.8, 4) is 0 Å². The lowest BCUT2D eigenvalue weighted by molar-refractivity contribution is -0.694. The Bertz CT molecular complexity index is 823. The molecule has 0 saturated carbocycles. The van der Waals surface area contributed by atoms with Gasteiger partial charge in [0, 0.05) is 11.6 Å². The molecule has 3 aromatic rings. The van der Waals surface area contributed by atoms with Gasteiger partial charge in [-0.05, 0) is 28.8 Å². The SMILES string of the molecule is Br.Cc1c[n+](CCN)ccc1/C=C\c1cccc2ccccc12.[Br-]. The smallest absolute Gasteiger partial charge is 0.172 e. The van der Waals surface area contributed by atoms with Gasteiger partial charge in [0.25, 0.3) is 0 Å². The number of nitrogens with two attached hydrogens (primary N) is 1. The van der Waals surface area contributed by atoms with E-state index in [0.717, 1.165) is 6.54 Å². The number of fused-ring (bicyclic) bond motifs is 1. The third kappa shape index (κ3) is 4.76. The van der Waals surface area contributed by atoms with E-state index in [-0.39, 0.29) is 34.0 Å². The molecule has 2 aromatic carbocycles. The van der Waals surface area contributed by atoms with Crippen LogP contribution in [0.15, 0.2) is 60.9 Å². The van der Waals surface area contributed by atoms with Gasteiger partial charge < -0.3 is 22.7 Å². The zero-order valence-electron chi connectivity index (χ0n) is 13.7. The van der Waals surface area contributed by atoms with E-state index in [0.29, 0.717) is 6.54 Å². The summed E-state index contributed by atoms with van der Waals surface area (Å²) in [4.78, 5) is 0. The lowest BCUT2D eigenvalue weighted by Gasteiger charge is -2.03. The van der Waals surface area contributed by atoms with E-state index >= 15 is 0 Å². The van der Waals surface area contributed by atoms with Gasteiger partial charge in [-0.25, -0.2) is 4.57 Å². The number of hydrogen-bond acceptors (Lipinski definition) is 1. The van der Waals surface area contributed by atoms with Crippen molar-refractivity contribution in [2.24, 2.45) is 5.73 Å². The molecule has 0 fully saturated rings. The van der Waals surface area contributed by atoms with Crippen LogP contribution in [0.5, 0.6) is 0 Å². The van der Waals surface area contributed by atoms with Gasteiger partial charge in [0.15, 0.2) is 18.9 Å². The van der Waals surface area contributed by atoms with E-state index in [1.54, 1.807) is 0 Å². The molecule has 0 spiro atoms. The highest BCUT2D eigenvalue weighted by atomic mass is 79.9. The second kappa shape index (κ2) is 9.72. The molecule has 2 nitrogen and oxygen atoms in total. The van der Waals surface area contributed by atoms with Crippen LogP contribution in [0, 0.1) is 6.92 Å². The van der Waals surface area contributed by atoms with Crippen LogP contribution in [0.25, 0.3) is 22.9 Å². The molecule has 0 saturated heterocycles. The van der Waals surface area contributed by atoms with Crippen molar-refractivity contribution in [2.75, 3.05) is 6.54 Å². The van der Waals surface area contributed by atoms with Gasteiger partial charge in [0.2, 0.25) is 0 Å². The van der Waals surface area contributed by atoms with Crippen molar-refractivity contribution in [3.05, 3.63) is 77.6 Å². The fourth-order valence-corrected chi connectivity index (χ4v) is 2.72. The number of aryl methyl sites for hydroxylation is 1. The Labute approximate surface area is 164 Å². The summed E-state index contributed by atoms with van der Waals surface area (Å²) in [6.45, 7) is 3.65. The molecule has 3 rings (SSSR count). The maximum absolute atomic E-state index is 5.60. The summed E-state index contributed by atoms with van der Waals surface area (Å²) in [6.07, 6.45) is 8.61. The van der Waals surface area contributed by atoms with Gasteiger partial charge in [0.05, 0.1) is 6.54 Å². The highest BCUT2D eigenvalue weighted by Crippen LogP contribution is 2.21. The molecule has 0 aliphatic heterocycles. The Balaban J connectivity index is 0.00000144. The Morgan fingerprint density at radius 3 is 2.42 bits per heavy atom. The van der Waals surface area contributed by atoms with E-state index in [1.807, 2.05) is 0 Å². The lowest BCUT2D eigenvalue weighted by Crippen LogP contribution is -3.00. The minimum Gasteiger partial charge on any atom is -1.00 e. The average molecular weight is 450 g/mol. The normalized spacial score (nSPS) is 10.4. The highest BCUT2D eigenvalue weighted by Gasteiger charge is 2.03. The van der Waals surface area contributed by atoms with Gasteiger partial charge in [-0.3, -0.25) is 0 Å². The molecule has 24 heavy (non-hydrogen) atoms. The number of aromatic nitrogens is 1. The zero-order chi connectivity index (χ0) is 15.4. The summed E-state index contributed by atoms with van der Waals surface area (Å²) in [6, 6.07) is 17.0. The van der Waals surface area contributed by atoms with E-state index in [2.05, 4.69) is 84.6 Å². The fraction of sp³-hybridized carbons (Fsp3) is 0.150. The second-order valence-electron chi connectivity index (χ2n) is 5.51. The minimum absolute atomic E-state index is 0. The number of halogens is 2. The first kappa shape index (κ1) is 20.6. The van der Waals surface area contributed by atoms with Crippen LogP contribution in [0.1, 0.15) is 16.7 Å². The van der Waals surface area contributed by atoms with Crippen molar-refractivity contribution in [2.45, 2.75) is 13.5 Å². The van der Waals surface area contributed by atoms with Crippen LogP contribution in [-0.4, -0.2) is 6.54 Å². The van der Waals surface area contributed by atoms with Crippen molar-refractivity contribution < 1.29 is 21.5 Å². The summed E-state index contributed by atoms with van der Waals surface area (Å²) in [5, 5.41) is 2.56. The van der Waals surface area contributed by atoms with E-state index in [9.17, 15) is 0 Å². The first-order chi connectivity index (χ1) is 10.8. The van der Waals surface area contributed by atoms with Crippen LogP contribution in [0.3, 0.4) is 0 Å².